The predicted molar refractivity (Wildman–Crippen MR) is 138 cm³/mol. The highest BCUT2D eigenvalue weighted by Gasteiger charge is 2.26. The largest absolute Gasteiger partial charge is 0.485 e. The Morgan fingerprint density at radius 2 is 1.88 bits per heavy atom. The number of nitrogens with one attached hydrogen (secondary N) is 1. The number of carbonyl (C=O) groups is 1. The molecule has 0 bridgehead atoms. The first-order chi connectivity index (χ1) is 19.3. The van der Waals surface area contributed by atoms with Crippen LogP contribution in [0.2, 0.25) is 0 Å². The number of likely N-dealkylation sites (N-methyl/N-ethyl adjacent to an activating group) is 1. The number of aromatic nitrogens is 3. The molecule has 0 fully saturated rings. The maximum atomic E-state index is 15.6. The number of esters is 1. The summed E-state index contributed by atoms with van der Waals surface area (Å²) in [5.41, 5.74) is 0.687. The lowest BCUT2D eigenvalue weighted by Crippen LogP contribution is -2.24. The zero-order chi connectivity index (χ0) is 28.6. The molecule has 4 aromatic rings. The molecule has 2 aromatic heterocycles. The van der Waals surface area contributed by atoms with Crippen LogP contribution < -0.4 is 14.4 Å². The van der Waals surface area contributed by atoms with Crippen molar-refractivity contribution in [3.05, 3.63) is 95.0 Å². The molecular weight excluding hydrogens is 527 g/mol. The standard InChI is InChI=1S/C28H24F3N5O4/c1-3-38-28(37)24-19(33-16-34-24)11-12-36(2)25-22(29)26(31)35-27(23(25)30)40-21-13-18(14-32)9-10-20(21)39-15-17-7-5-4-6-8-17/h4-10,13,16H,3,11-12,15H2,1-2H3,(H,33,34). The second kappa shape index (κ2) is 12.7. The van der Waals surface area contributed by atoms with Crippen LogP contribution in [-0.2, 0) is 17.8 Å². The van der Waals surface area contributed by atoms with Crippen LogP contribution >= 0.6 is 0 Å². The molecule has 0 aliphatic rings. The van der Waals surface area contributed by atoms with Gasteiger partial charge in [-0.3, -0.25) is 0 Å². The zero-order valence-electron chi connectivity index (χ0n) is 21.6. The lowest BCUT2D eigenvalue weighted by Gasteiger charge is -2.21. The summed E-state index contributed by atoms with van der Waals surface area (Å²) in [6, 6.07) is 15.3. The van der Waals surface area contributed by atoms with Crippen molar-refractivity contribution in [2.45, 2.75) is 20.0 Å². The summed E-state index contributed by atoms with van der Waals surface area (Å²) in [4.78, 5) is 23.3. The van der Waals surface area contributed by atoms with E-state index in [1.165, 1.54) is 31.6 Å². The highest BCUT2D eigenvalue weighted by atomic mass is 19.2. The van der Waals surface area contributed by atoms with Crippen LogP contribution in [0.1, 0.15) is 34.2 Å². The van der Waals surface area contributed by atoms with E-state index in [4.69, 9.17) is 14.2 Å². The third-order valence-electron chi connectivity index (χ3n) is 5.76. The Labute approximate surface area is 227 Å². The van der Waals surface area contributed by atoms with Crippen LogP contribution in [0.4, 0.5) is 18.9 Å². The summed E-state index contributed by atoms with van der Waals surface area (Å²) in [5, 5.41) is 9.31. The van der Waals surface area contributed by atoms with Crippen LogP contribution in [0, 0.1) is 28.9 Å². The molecule has 0 saturated heterocycles. The van der Waals surface area contributed by atoms with E-state index in [9.17, 15) is 18.8 Å². The molecule has 0 saturated carbocycles. The fourth-order valence-corrected chi connectivity index (χ4v) is 3.78. The summed E-state index contributed by atoms with van der Waals surface area (Å²) in [7, 11) is 1.34. The van der Waals surface area contributed by atoms with Gasteiger partial charge in [0.25, 0.3) is 11.8 Å². The summed E-state index contributed by atoms with van der Waals surface area (Å²) >= 11 is 0. The smallest absolute Gasteiger partial charge is 0.356 e. The third-order valence-corrected chi connectivity index (χ3v) is 5.76. The van der Waals surface area contributed by atoms with Gasteiger partial charge in [0.1, 0.15) is 18.0 Å². The highest BCUT2D eigenvalue weighted by molar-refractivity contribution is 5.88. The third kappa shape index (κ3) is 6.32. The van der Waals surface area contributed by atoms with Gasteiger partial charge >= 0.3 is 5.97 Å². The first-order valence-electron chi connectivity index (χ1n) is 12.2. The van der Waals surface area contributed by atoms with E-state index in [2.05, 4.69) is 15.0 Å². The van der Waals surface area contributed by atoms with Crippen LogP contribution in [0.3, 0.4) is 0 Å². The van der Waals surface area contributed by atoms with Gasteiger partial charge in [0.05, 0.1) is 30.3 Å². The van der Waals surface area contributed by atoms with E-state index < -0.39 is 35.1 Å². The van der Waals surface area contributed by atoms with Crippen molar-refractivity contribution in [2.75, 3.05) is 25.1 Å². The van der Waals surface area contributed by atoms with Crippen molar-refractivity contribution >= 4 is 11.7 Å². The van der Waals surface area contributed by atoms with Gasteiger partial charge < -0.3 is 24.1 Å². The van der Waals surface area contributed by atoms with E-state index >= 15 is 4.39 Å². The number of anilines is 1. The van der Waals surface area contributed by atoms with Gasteiger partial charge in [-0.15, -0.1) is 0 Å². The van der Waals surface area contributed by atoms with Gasteiger partial charge in [0.15, 0.2) is 11.5 Å². The molecule has 4 rings (SSSR count). The molecule has 0 radical (unpaired) electrons. The molecule has 0 unspecified atom stereocenters. The van der Waals surface area contributed by atoms with Crippen molar-refractivity contribution in [1.82, 2.24) is 15.0 Å². The fraction of sp³-hybridized carbons (Fsp3) is 0.214. The monoisotopic (exact) mass is 551 g/mol. The lowest BCUT2D eigenvalue weighted by atomic mass is 10.2. The van der Waals surface area contributed by atoms with Crippen molar-refractivity contribution in [3.8, 4) is 23.4 Å². The molecule has 0 aliphatic carbocycles. The number of imidazole rings is 1. The predicted octanol–water partition coefficient (Wildman–Crippen LogP) is 5.32. The van der Waals surface area contributed by atoms with Crippen molar-refractivity contribution in [2.24, 2.45) is 0 Å². The fourth-order valence-electron chi connectivity index (χ4n) is 3.78. The summed E-state index contributed by atoms with van der Waals surface area (Å²) in [6.45, 7) is 1.89. The molecule has 2 heterocycles. The van der Waals surface area contributed by atoms with Gasteiger partial charge in [-0.25, -0.2) is 9.78 Å². The number of halogens is 3. The van der Waals surface area contributed by atoms with Crippen molar-refractivity contribution < 1.29 is 32.2 Å². The molecule has 206 valence electrons. The molecule has 0 spiro atoms. The number of benzene rings is 2. The SMILES string of the molecule is CCOC(=O)c1[nH]cnc1CCN(C)c1c(F)c(F)nc(Oc2cc(C#N)ccc2OCc2ccccc2)c1F. The van der Waals surface area contributed by atoms with E-state index in [0.29, 0.717) is 5.69 Å². The number of hydrogen-bond donors (Lipinski definition) is 1. The molecule has 0 atom stereocenters. The van der Waals surface area contributed by atoms with E-state index in [-0.39, 0.29) is 48.9 Å². The molecule has 1 N–H and O–H groups in total. The van der Waals surface area contributed by atoms with E-state index in [1.807, 2.05) is 36.4 Å². The first kappa shape index (κ1) is 28.0. The number of rotatable bonds is 11. The topological polar surface area (TPSA) is 113 Å². The Bertz CT molecular complexity index is 1540. The van der Waals surface area contributed by atoms with Crippen molar-refractivity contribution in [1.29, 1.82) is 5.26 Å². The Kier molecular flexibility index (Phi) is 8.86. The number of H-pyrrole nitrogens is 1. The summed E-state index contributed by atoms with van der Waals surface area (Å²) in [6.07, 6.45) is 1.38. The zero-order valence-corrected chi connectivity index (χ0v) is 21.6. The quantitative estimate of drug-likeness (QED) is 0.197. The number of aromatic amines is 1. The van der Waals surface area contributed by atoms with Crippen LogP contribution in [0.15, 0.2) is 54.9 Å². The van der Waals surface area contributed by atoms with Crippen LogP contribution in [0.25, 0.3) is 0 Å². The Morgan fingerprint density at radius 1 is 1.10 bits per heavy atom. The number of hydrogen-bond acceptors (Lipinski definition) is 8. The maximum absolute atomic E-state index is 15.6. The molecule has 0 amide bonds. The summed E-state index contributed by atoms with van der Waals surface area (Å²) < 4.78 is 61.2. The minimum Gasteiger partial charge on any atom is -0.485 e. The average molecular weight is 552 g/mol. The van der Waals surface area contributed by atoms with Gasteiger partial charge in [-0.05, 0) is 24.6 Å². The molecule has 2 aromatic carbocycles. The Hall–Kier alpha value is -5.05. The van der Waals surface area contributed by atoms with Gasteiger partial charge in [0.2, 0.25) is 11.6 Å². The lowest BCUT2D eigenvalue weighted by molar-refractivity contribution is 0.0518. The summed E-state index contributed by atoms with van der Waals surface area (Å²) in [5.74, 6) is -5.84. The number of nitriles is 1. The van der Waals surface area contributed by atoms with Gasteiger partial charge in [-0.1, -0.05) is 30.3 Å². The molecule has 9 nitrogen and oxygen atoms in total. The normalized spacial score (nSPS) is 10.6. The van der Waals surface area contributed by atoms with Crippen LogP contribution in [0.5, 0.6) is 17.4 Å². The van der Waals surface area contributed by atoms with Crippen LogP contribution in [-0.4, -0.2) is 41.1 Å². The molecular formula is C28H24F3N5O4. The van der Waals surface area contributed by atoms with E-state index in [1.54, 1.807) is 6.92 Å². The Balaban J connectivity index is 1.59. The average Bonchev–Trinajstić information content (AvgIpc) is 3.44. The second-order valence-electron chi connectivity index (χ2n) is 8.45. The first-order valence-corrected chi connectivity index (χ1v) is 12.2. The minimum absolute atomic E-state index is 0.0522. The maximum Gasteiger partial charge on any atom is 0.356 e. The number of pyridine rings is 1. The molecule has 12 heteroatoms. The number of carbonyl (C=O) groups excluding carboxylic acids is 1. The van der Waals surface area contributed by atoms with E-state index in [0.717, 1.165) is 10.5 Å². The molecule has 0 aliphatic heterocycles. The van der Waals surface area contributed by atoms with Gasteiger partial charge in [0, 0.05) is 26.1 Å². The molecule has 40 heavy (non-hydrogen) atoms. The second-order valence-corrected chi connectivity index (χ2v) is 8.45. The number of ether oxygens (including phenoxy) is 3. The van der Waals surface area contributed by atoms with Gasteiger partial charge in [-0.2, -0.15) is 23.4 Å². The minimum atomic E-state index is -1.59. The Morgan fingerprint density at radius 3 is 2.60 bits per heavy atom. The number of nitrogens with zero attached hydrogens (tertiary/aromatic N) is 4. The van der Waals surface area contributed by atoms with Crippen molar-refractivity contribution in [3.63, 3.8) is 0 Å². The highest BCUT2D eigenvalue weighted by Crippen LogP contribution is 2.37.